The van der Waals surface area contributed by atoms with E-state index in [1.54, 1.807) is 18.2 Å². The molecule has 244 valence electrons. The number of benzene rings is 1. The molecular formula is C32H42F3NO8. The predicted octanol–water partition coefficient (Wildman–Crippen LogP) is 5.41. The Hall–Kier alpha value is -3.22. The zero-order valence-corrected chi connectivity index (χ0v) is 25.2. The van der Waals surface area contributed by atoms with Gasteiger partial charge >= 0.3 is 18.1 Å². The van der Waals surface area contributed by atoms with E-state index in [9.17, 15) is 32.7 Å². The number of halogens is 3. The molecule has 1 heterocycles. The highest BCUT2D eigenvalue weighted by Crippen LogP contribution is 2.43. The molecule has 3 unspecified atom stereocenters. The summed E-state index contributed by atoms with van der Waals surface area (Å²) >= 11 is 0. The number of carbonyl (C=O) groups excluding carboxylic acids is 3. The monoisotopic (exact) mass is 625 g/mol. The number of esters is 2. The van der Waals surface area contributed by atoms with Gasteiger partial charge in [0.2, 0.25) is 5.91 Å². The van der Waals surface area contributed by atoms with Crippen LogP contribution in [0.5, 0.6) is 0 Å². The van der Waals surface area contributed by atoms with E-state index in [1.165, 1.54) is 18.2 Å². The molecule has 12 heteroatoms. The summed E-state index contributed by atoms with van der Waals surface area (Å²) in [5.41, 5.74) is 0.614. The van der Waals surface area contributed by atoms with Crippen LogP contribution in [0.1, 0.15) is 87.6 Å². The van der Waals surface area contributed by atoms with Gasteiger partial charge in [-0.3, -0.25) is 4.79 Å². The Morgan fingerprint density at radius 3 is 2.39 bits per heavy atom. The second-order valence-corrected chi connectivity index (χ2v) is 11.0. The average Bonchev–Trinajstić information content (AvgIpc) is 3.36. The van der Waals surface area contributed by atoms with Crippen molar-refractivity contribution in [1.29, 1.82) is 0 Å². The van der Waals surface area contributed by atoms with E-state index in [4.69, 9.17) is 14.2 Å². The van der Waals surface area contributed by atoms with Gasteiger partial charge in [-0.05, 0) is 36.6 Å². The first-order valence-electron chi connectivity index (χ1n) is 15.2. The maximum Gasteiger partial charge on any atom is 0.422 e. The van der Waals surface area contributed by atoms with E-state index in [-0.39, 0.29) is 30.7 Å². The summed E-state index contributed by atoms with van der Waals surface area (Å²) in [7, 11) is 0. The quantitative estimate of drug-likeness (QED) is 0.142. The van der Waals surface area contributed by atoms with Gasteiger partial charge in [0.15, 0.2) is 12.4 Å². The molecule has 2 aliphatic rings. The van der Waals surface area contributed by atoms with Gasteiger partial charge in [0.05, 0.1) is 12.2 Å². The summed E-state index contributed by atoms with van der Waals surface area (Å²) < 4.78 is 60.4. The summed E-state index contributed by atoms with van der Waals surface area (Å²) in [4.78, 5) is 38.2. The molecule has 1 saturated heterocycles. The lowest BCUT2D eigenvalue weighted by atomic mass is 9.91. The maximum atomic E-state index is 13.5. The van der Waals surface area contributed by atoms with Gasteiger partial charge in [0, 0.05) is 37.5 Å². The van der Waals surface area contributed by atoms with Crippen molar-refractivity contribution < 1.29 is 51.6 Å². The molecule has 0 bridgehead atoms. The zero-order valence-electron chi connectivity index (χ0n) is 25.2. The standard InChI is InChI=1S/C32H42F3NO8/c1-3-5-9-15-31(16-10-6-4-2)43-26-20-23(29(39)36-17-18-37)19-25(28(26)44-31)42-30(40)24-12-8-7-11-22(24)13-14-27(38)41-21-32(33,34)35/h7-8,11-14,20,25-26,28,37H,3-6,9-10,15-19,21H2,1-2H3,(H,36,39). The molecule has 3 rings (SSSR count). The Morgan fingerprint density at radius 1 is 1.07 bits per heavy atom. The molecule has 0 spiro atoms. The second-order valence-electron chi connectivity index (χ2n) is 11.0. The van der Waals surface area contributed by atoms with Gasteiger partial charge in [0.1, 0.15) is 18.3 Å². The fourth-order valence-corrected chi connectivity index (χ4v) is 5.27. The molecule has 44 heavy (non-hydrogen) atoms. The van der Waals surface area contributed by atoms with E-state index in [2.05, 4.69) is 23.9 Å². The first kappa shape index (κ1) is 35.3. The van der Waals surface area contributed by atoms with Crippen LogP contribution in [0.25, 0.3) is 6.08 Å². The molecule has 3 atom stereocenters. The van der Waals surface area contributed by atoms with Crippen LogP contribution in [-0.2, 0) is 28.5 Å². The number of rotatable bonds is 16. The van der Waals surface area contributed by atoms with Gasteiger partial charge in [-0.15, -0.1) is 0 Å². The van der Waals surface area contributed by atoms with Gasteiger partial charge in [0.25, 0.3) is 0 Å². The van der Waals surface area contributed by atoms with Crippen LogP contribution >= 0.6 is 0 Å². The second kappa shape index (κ2) is 16.7. The lowest BCUT2D eigenvalue weighted by molar-refractivity contribution is -0.190. The largest absolute Gasteiger partial charge is 0.456 e. The molecule has 1 aliphatic carbocycles. The normalized spacial score (nSPS) is 21.0. The number of ether oxygens (including phenoxy) is 4. The van der Waals surface area contributed by atoms with Crippen LogP contribution in [0, 0.1) is 0 Å². The molecule has 1 aromatic rings. The van der Waals surface area contributed by atoms with E-state index in [1.807, 2.05) is 0 Å². The lowest BCUT2D eigenvalue weighted by Gasteiger charge is -2.31. The number of fused-ring (bicyclic) bond motifs is 1. The summed E-state index contributed by atoms with van der Waals surface area (Å²) in [5, 5.41) is 11.8. The molecule has 1 aliphatic heterocycles. The van der Waals surface area contributed by atoms with Crippen LogP contribution < -0.4 is 5.32 Å². The molecule has 1 fully saturated rings. The molecule has 1 aromatic carbocycles. The first-order chi connectivity index (χ1) is 21.0. The third-order valence-electron chi connectivity index (χ3n) is 7.41. The lowest BCUT2D eigenvalue weighted by Crippen LogP contribution is -2.44. The third kappa shape index (κ3) is 10.4. The number of hydrogen-bond donors (Lipinski definition) is 2. The molecule has 9 nitrogen and oxygen atoms in total. The highest BCUT2D eigenvalue weighted by atomic mass is 19.4. The van der Waals surface area contributed by atoms with Crippen molar-refractivity contribution in [3.05, 3.63) is 53.1 Å². The first-order valence-corrected chi connectivity index (χ1v) is 15.2. The Bertz CT molecular complexity index is 1170. The average molecular weight is 626 g/mol. The molecule has 0 aromatic heterocycles. The number of aliphatic hydroxyl groups excluding tert-OH is 1. The van der Waals surface area contributed by atoms with E-state index < -0.39 is 54.7 Å². The third-order valence-corrected chi connectivity index (χ3v) is 7.41. The van der Waals surface area contributed by atoms with Crippen LogP contribution in [0.15, 0.2) is 42.0 Å². The van der Waals surface area contributed by atoms with Crippen molar-refractivity contribution in [3.63, 3.8) is 0 Å². The SMILES string of the molecule is CCCCCC1(CCCCC)OC2C=C(C(=O)NCCO)CC(OC(=O)c3ccccc3C=CC(=O)OCC(F)(F)F)C2O1. The summed E-state index contributed by atoms with van der Waals surface area (Å²) in [5.74, 6) is -3.30. The number of unbranched alkanes of at least 4 members (excludes halogenated alkanes) is 4. The van der Waals surface area contributed by atoms with Crippen molar-refractivity contribution >= 4 is 23.9 Å². The minimum absolute atomic E-state index is 0.0370. The maximum absolute atomic E-state index is 13.5. The van der Waals surface area contributed by atoms with E-state index in [0.717, 1.165) is 44.6 Å². The van der Waals surface area contributed by atoms with Gasteiger partial charge < -0.3 is 29.4 Å². The topological polar surface area (TPSA) is 120 Å². The fraction of sp³-hybridized carbons (Fsp3) is 0.594. The van der Waals surface area contributed by atoms with Crippen molar-refractivity contribution in [2.24, 2.45) is 0 Å². The summed E-state index contributed by atoms with van der Waals surface area (Å²) in [6.45, 7) is 2.29. The number of amides is 1. The molecule has 1 amide bonds. The molecule has 0 saturated carbocycles. The van der Waals surface area contributed by atoms with Crippen LogP contribution in [0.2, 0.25) is 0 Å². The minimum Gasteiger partial charge on any atom is -0.456 e. The van der Waals surface area contributed by atoms with Crippen LogP contribution in [0.3, 0.4) is 0 Å². The van der Waals surface area contributed by atoms with Gasteiger partial charge in [-0.25, -0.2) is 9.59 Å². The van der Waals surface area contributed by atoms with Crippen molar-refractivity contribution in [1.82, 2.24) is 5.32 Å². The van der Waals surface area contributed by atoms with Crippen LogP contribution in [0.4, 0.5) is 13.2 Å². The summed E-state index contributed by atoms with van der Waals surface area (Å²) in [6, 6.07) is 6.13. The number of hydrogen-bond acceptors (Lipinski definition) is 8. The van der Waals surface area contributed by atoms with Crippen molar-refractivity contribution in [2.45, 2.75) is 102 Å². The van der Waals surface area contributed by atoms with Gasteiger partial charge in [-0.2, -0.15) is 13.2 Å². The van der Waals surface area contributed by atoms with Crippen molar-refractivity contribution in [3.8, 4) is 0 Å². The number of nitrogens with one attached hydrogen (secondary N) is 1. The van der Waals surface area contributed by atoms with Crippen molar-refractivity contribution in [2.75, 3.05) is 19.8 Å². The van der Waals surface area contributed by atoms with E-state index in [0.29, 0.717) is 18.4 Å². The Labute approximate surface area is 255 Å². The Balaban J connectivity index is 1.84. The molecule has 0 radical (unpaired) electrons. The molecule has 2 N–H and O–H groups in total. The smallest absolute Gasteiger partial charge is 0.422 e. The molecular weight excluding hydrogens is 583 g/mol. The zero-order chi connectivity index (χ0) is 32.2. The Kier molecular flexibility index (Phi) is 13.4. The fourth-order valence-electron chi connectivity index (χ4n) is 5.27. The van der Waals surface area contributed by atoms with Gasteiger partial charge in [-0.1, -0.05) is 57.7 Å². The van der Waals surface area contributed by atoms with Crippen LogP contribution in [-0.4, -0.2) is 73.0 Å². The summed E-state index contributed by atoms with van der Waals surface area (Å²) in [6.07, 6.45) is 3.89. The number of aliphatic hydroxyl groups is 1. The highest BCUT2D eigenvalue weighted by Gasteiger charge is 2.52. The number of carbonyl (C=O) groups is 3. The minimum atomic E-state index is -4.67. The highest BCUT2D eigenvalue weighted by molar-refractivity contribution is 5.96. The number of alkyl halides is 3. The predicted molar refractivity (Wildman–Crippen MR) is 155 cm³/mol. The van der Waals surface area contributed by atoms with E-state index >= 15 is 0 Å². The Morgan fingerprint density at radius 2 is 1.75 bits per heavy atom.